The Balaban J connectivity index is 2.69. The second kappa shape index (κ2) is 2.33. The molecule has 1 rings (SSSR count). The predicted molar refractivity (Wildman–Crippen MR) is 31.7 cm³/mol. The fourth-order valence-electron chi connectivity index (χ4n) is 1.29. The van der Waals surface area contributed by atoms with E-state index in [0.717, 1.165) is 0 Å². The van der Waals surface area contributed by atoms with E-state index in [9.17, 15) is 17.6 Å². The van der Waals surface area contributed by atoms with E-state index in [1.54, 1.807) is 0 Å². The molecule has 0 spiro atoms. The van der Waals surface area contributed by atoms with Crippen LogP contribution in [0.1, 0.15) is 19.3 Å². The molecule has 0 bridgehead atoms. The van der Waals surface area contributed by atoms with Gasteiger partial charge in [-0.1, -0.05) is 0 Å². The fraction of sp³-hybridized carbons (Fsp3) is 1.00. The van der Waals surface area contributed by atoms with Crippen molar-refractivity contribution in [3.8, 4) is 0 Å². The quantitative estimate of drug-likeness (QED) is 0.552. The molecule has 2 atom stereocenters. The number of halogens is 4. The summed E-state index contributed by atoms with van der Waals surface area (Å²) in [6.07, 6.45) is -5.70. The highest BCUT2D eigenvalue weighted by atomic mass is 19.4. The molecule has 0 aliphatic heterocycles. The molecule has 0 aromatic heterocycles. The number of nitrogens with two attached hydrogens (primary N) is 1. The van der Waals surface area contributed by atoms with Gasteiger partial charge in [-0.2, -0.15) is 13.2 Å². The number of hydrogen-bond acceptors (Lipinski definition) is 1. The van der Waals surface area contributed by atoms with Gasteiger partial charge in [-0.3, -0.25) is 0 Å². The summed E-state index contributed by atoms with van der Waals surface area (Å²) in [7, 11) is 0. The monoisotopic (exact) mass is 171 g/mol. The van der Waals surface area contributed by atoms with Crippen LogP contribution in [0.5, 0.6) is 0 Å². The van der Waals surface area contributed by atoms with E-state index in [2.05, 4.69) is 0 Å². The molecular formula is C6H9F4N. The first-order valence-electron chi connectivity index (χ1n) is 3.36. The van der Waals surface area contributed by atoms with Gasteiger partial charge in [0.1, 0.15) is 0 Å². The van der Waals surface area contributed by atoms with E-state index >= 15 is 0 Å². The molecule has 2 unspecified atom stereocenters. The van der Waals surface area contributed by atoms with Crippen molar-refractivity contribution in [3.63, 3.8) is 0 Å². The van der Waals surface area contributed by atoms with Crippen LogP contribution in [0.25, 0.3) is 0 Å². The van der Waals surface area contributed by atoms with Gasteiger partial charge in [-0.25, -0.2) is 4.39 Å². The lowest BCUT2D eigenvalue weighted by atomic mass is 10.0. The lowest BCUT2D eigenvalue weighted by Crippen LogP contribution is -2.39. The predicted octanol–water partition coefficient (Wildman–Crippen LogP) is 1.77. The van der Waals surface area contributed by atoms with Gasteiger partial charge in [-0.05, 0) is 12.8 Å². The Labute approximate surface area is 61.6 Å². The lowest BCUT2D eigenvalue weighted by molar-refractivity contribution is -0.227. The molecule has 0 heterocycles. The maximum atomic E-state index is 12.9. The molecular weight excluding hydrogens is 162 g/mol. The van der Waals surface area contributed by atoms with Crippen molar-refractivity contribution in [2.24, 2.45) is 5.73 Å². The summed E-state index contributed by atoms with van der Waals surface area (Å²) >= 11 is 0. The van der Waals surface area contributed by atoms with E-state index < -0.39 is 30.7 Å². The van der Waals surface area contributed by atoms with Crippen LogP contribution in [0.4, 0.5) is 17.6 Å². The summed E-state index contributed by atoms with van der Waals surface area (Å²) in [4.78, 5) is 0. The fourth-order valence-corrected chi connectivity index (χ4v) is 1.29. The van der Waals surface area contributed by atoms with Crippen LogP contribution in [-0.4, -0.2) is 17.9 Å². The van der Waals surface area contributed by atoms with Gasteiger partial charge >= 0.3 is 6.18 Å². The van der Waals surface area contributed by atoms with Gasteiger partial charge in [0.05, 0.1) is 0 Å². The van der Waals surface area contributed by atoms with Crippen LogP contribution in [0.2, 0.25) is 0 Å². The van der Waals surface area contributed by atoms with Crippen molar-refractivity contribution >= 4 is 0 Å². The Bertz CT molecular complexity index is 155. The van der Waals surface area contributed by atoms with Crippen molar-refractivity contribution in [2.75, 3.05) is 0 Å². The molecule has 1 nitrogen and oxygen atoms in total. The minimum Gasteiger partial charge on any atom is -0.328 e. The van der Waals surface area contributed by atoms with Crippen LogP contribution in [-0.2, 0) is 0 Å². The summed E-state index contributed by atoms with van der Waals surface area (Å²) in [6.45, 7) is 0. The van der Waals surface area contributed by atoms with E-state index in [1.807, 2.05) is 0 Å². The largest absolute Gasteiger partial charge is 0.422 e. The molecule has 1 aliphatic carbocycles. The average Bonchev–Trinajstić information content (AvgIpc) is 2.10. The Morgan fingerprint density at radius 3 is 2.09 bits per heavy atom. The summed E-state index contributed by atoms with van der Waals surface area (Å²) in [5, 5.41) is 0. The molecule has 1 saturated carbocycles. The molecule has 0 saturated heterocycles. The van der Waals surface area contributed by atoms with Gasteiger partial charge in [0.2, 0.25) is 5.67 Å². The maximum Gasteiger partial charge on any atom is 0.422 e. The van der Waals surface area contributed by atoms with E-state index in [-0.39, 0.29) is 6.42 Å². The molecule has 11 heavy (non-hydrogen) atoms. The summed E-state index contributed by atoms with van der Waals surface area (Å²) < 4.78 is 48.5. The van der Waals surface area contributed by atoms with Crippen molar-refractivity contribution in [1.29, 1.82) is 0 Å². The van der Waals surface area contributed by atoms with Gasteiger partial charge in [0.25, 0.3) is 0 Å². The van der Waals surface area contributed by atoms with E-state index in [0.29, 0.717) is 0 Å². The normalized spacial score (nSPS) is 39.5. The van der Waals surface area contributed by atoms with Gasteiger partial charge in [-0.15, -0.1) is 0 Å². The highest BCUT2D eigenvalue weighted by Crippen LogP contribution is 2.45. The Morgan fingerprint density at radius 2 is 1.91 bits per heavy atom. The number of hydrogen-bond donors (Lipinski definition) is 1. The first kappa shape index (κ1) is 8.77. The first-order valence-corrected chi connectivity index (χ1v) is 3.36. The van der Waals surface area contributed by atoms with E-state index in [1.165, 1.54) is 0 Å². The molecule has 0 amide bonds. The molecule has 1 fully saturated rings. The molecule has 0 aromatic carbocycles. The minimum absolute atomic E-state index is 0.121. The second-order valence-electron chi connectivity index (χ2n) is 2.97. The van der Waals surface area contributed by atoms with Crippen molar-refractivity contribution in [2.45, 2.75) is 37.1 Å². The third-order valence-corrected chi connectivity index (χ3v) is 2.01. The third kappa shape index (κ3) is 1.47. The third-order valence-electron chi connectivity index (χ3n) is 2.01. The van der Waals surface area contributed by atoms with Crippen molar-refractivity contribution in [1.82, 2.24) is 0 Å². The Kier molecular flexibility index (Phi) is 1.86. The topological polar surface area (TPSA) is 26.0 Å². The number of rotatable bonds is 0. The zero-order chi connectivity index (χ0) is 8.70. The maximum absolute atomic E-state index is 12.9. The second-order valence-corrected chi connectivity index (χ2v) is 2.97. The van der Waals surface area contributed by atoms with Crippen LogP contribution >= 0.6 is 0 Å². The summed E-state index contributed by atoms with van der Waals surface area (Å²) in [6, 6.07) is -0.637. The Hall–Kier alpha value is -0.320. The summed E-state index contributed by atoms with van der Waals surface area (Å²) in [5.74, 6) is 0. The Morgan fingerprint density at radius 1 is 1.36 bits per heavy atom. The van der Waals surface area contributed by atoms with E-state index in [4.69, 9.17) is 5.73 Å². The van der Waals surface area contributed by atoms with Crippen LogP contribution < -0.4 is 5.73 Å². The average molecular weight is 171 g/mol. The zero-order valence-electron chi connectivity index (χ0n) is 5.79. The molecule has 66 valence electrons. The molecule has 0 radical (unpaired) electrons. The van der Waals surface area contributed by atoms with Crippen LogP contribution in [0.15, 0.2) is 0 Å². The molecule has 1 aliphatic rings. The smallest absolute Gasteiger partial charge is 0.328 e. The van der Waals surface area contributed by atoms with Crippen molar-refractivity contribution < 1.29 is 17.6 Å². The zero-order valence-corrected chi connectivity index (χ0v) is 5.79. The standard InChI is InChI=1S/C6H9F4N/c7-5(6(8,9)10)2-1-4(11)3-5/h4H,1-3,11H2. The van der Waals surface area contributed by atoms with Gasteiger partial charge < -0.3 is 5.73 Å². The molecule has 0 aromatic rings. The first-order chi connectivity index (χ1) is 4.85. The number of alkyl halides is 4. The van der Waals surface area contributed by atoms with Crippen molar-refractivity contribution in [3.05, 3.63) is 0 Å². The highest BCUT2D eigenvalue weighted by molar-refractivity contribution is 4.96. The van der Waals surface area contributed by atoms with Gasteiger partial charge in [0.15, 0.2) is 0 Å². The summed E-state index contributed by atoms with van der Waals surface area (Å²) in [5.41, 5.74) is 2.15. The van der Waals surface area contributed by atoms with Gasteiger partial charge in [0, 0.05) is 12.5 Å². The highest BCUT2D eigenvalue weighted by Gasteiger charge is 2.58. The SMILES string of the molecule is NC1CCC(F)(C(F)(F)F)C1. The molecule has 5 heteroatoms. The molecule has 2 N–H and O–H groups in total. The van der Waals surface area contributed by atoms with Crippen LogP contribution in [0, 0.1) is 0 Å². The van der Waals surface area contributed by atoms with Crippen LogP contribution in [0.3, 0.4) is 0 Å². The minimum atomic E-state index is -4.75. The lowest BCUT2D eigenvalue weighted by Gasteiger charge is -2.22.